The molecule has 0 aliphatic rings. The topological polar surface area (TPSA) is 52.6 Å². The Hall–Kier alpha value is -3.23. The lowest BCUT2D eigenvalue weighted by Gasteiger charge is -2.35. The van der Waals surface area contributed by atoms with E-state index in [9.17, 15) is 9.59 Å². The van der Waals surface area contributed by atoms with Crippen LogP contribution in [0.2, 0.25) is 36.3 Å². The van der Waals surface area contributed by atoms with Crippen molar-refractivity contribution in [2.75, 3.05) is 14.2 Å². The number of carbonyl (C=O) groups is 2. The maximum Gasteiger partial charge on any atom is 0.195 e. The molecule has 2 aromatic carbocycles. The first kappa shape index (κ1) is 35.6. The van der Waals surface area contributed by atoms with Gasteiger partial charge in [-0.1, -0.05) is 67.7 Å². The summed E-state index contributed by atoms with van der Waals surface area (Å²) in [5.74, 6) is 8.11. The molecule has 0 N–H and O–H groups in total. The molecule has 0 radical (unpaired) electrons. The van der Waals surface area contributed by atoms with E-state index >= 15 is 0 Å². The second-order valence-corrected chi connectivity index (χ2v) is 28.2. The number of carbonyl (C=O) groups excluding carboxylic acids is 2. The monoisotopic (exact) mass is 686 g/mol. The van der Waals surface area contributed by atoms with Crippen molar-refractivity contribution in [3.8, 4) is 23.3 Å². The first-order valence-corrected chi connectivity index (χ1v) is 23.1. The van der Waals surface area contributed by atoms with Crippen LogP contribution in [0.4, 0.5) is 0 Å². The lowest BCUT2D eigenvalue weighted by atomic mass is 10.0. The molecule has 4 aromatic rings. The predicted octanol–water partition coefficient (Wildman–Crippen LogP) is 9.12. The summed E-state index contributed by atoms with van der Waals surface area (Å²) in [7, 11) is -0.694. The summed E-state index contributed by atoms with van der Waals surface area (Å²) in [5.41, 5.74) is 2.42. The Morgan fingerprint density at radius 3 is 1.15 bits per heavy atom. The molecule has 4 nitrogen and oxygen atoms in total. The summed E-state index contributed by atoms with van der Waals surface area (Å²) in [4.78, 5) is 29.5. The minimum atomic E-state index is -1.96. The molecular weight excluding hydrogens is 641 g/mol. The summed E-state index contributed by atoms with van der Waals surface area (Å²) < 4.78 is 13.1. The van der Waals surface area contributed by atoms with Crippen molar-refractivity contribution in [3.05, 3.63) is 92.7 Å². The van der Waals surface area contributed by atoms with E-state index in [0.29, 0.717) is 33.8 Å². The number of hydrogen-bond donors (Lipinski definition) is 0. The molecule has 2 heterocycles. The number of methoxy groups -OCH3 is 2. The SMILES string of the molecule is COc1ccc(C(=O)c2cc([Si](C)(C)C(C)(C)C)sc2C#Cc2sc([Si](C)(C)C(C)(C)C)cc2C(=O)c2ccc(OC)cc2)cc1. The van der Waals surface area contributed by atoms with Gasteiger partial charge in [-0.25, -0.2) is 0 Å². The fraction of sp³-hybridized carbons (Fsp3) is 0.368. The van der Waals surface area contributed by atoms with Gasteiger partial charge >= 0.3 is 0 Å². The highest BCUT2D eigenvalue weighted by Gasteiger charge is 2.40. The Kier molecular flexibility index (Phi) is 10.2. The van der Waals surface area contributed by atoms with E-state index in [1.807, 2.05) is 24.3 Å². The predicted molar refractivity (Wildman–Crippen MR) is 201 cm³/mol. The first-order valence-electron chi connectivity index (χ1n) is 15.5. The van der Waals surface area contributed by atoms with Crippen LogP contribution in [-0.2, 0) is 0 Å². The van der Waals surface area contributed by atoms with Crippen molar-refractivity contribution in [3.63, 3.8) is 0 Å². The van der Waals surface area contributed by atoms with Gasteiger partial charge in [0, 0.05) is 22.3 Å². The third-order valence-electron chi connectivity index (χ3n) is 9.93. The van der Waals surface area contributed by atoms with E-state index in [1.54, 1.807) is 61.2 Å². The summed E-state index contributed by atoms with van der Waals surface area (Å²) in [6.07, 6.45) is 0. The summed E-state index contributed by atoms with van der Waals surface area (Å²) in [6.45, 7) is 23.1. The Morgan fingerprint density at radius 1 is 0.587 bits per heavy atom. The zero-order valence-electron chi connectivity index (χ0n) is 29.2. The van der Waals surface area contributed by atoms with Gasteiger partial charge in [0.25, 0.3) is 0 Å². The number of ketones is 2. The minimum Gasteiger partial charge on any atom is -0.497 e. The Morgan fingerprint density at radius 2 is 0.891 bits per heavy atom. The number of thiophene rings is 2. The lowest BCUT2D eigenvalue weighted by Crippen LogP contribution is -2.47. The van der Waals surface area contributed by atoms with Crippen LogP contribution >= 0.6 is 22.7 Å². The fourth-order valence-electron chi connectivity index (χ4n) is 4.57. The van der Waals surface area contributed by atoms with Gasteiger partial charge in [-0.2, -0.15) is 0 Å². The molecule has 8 heteroatoms. The lowest BCUT2D eigenvalue weighted by molar-refractivity contribution is 0.103. The molecule has 0 fully saturated rings. The van der Waals surface area contributed by atoms with E-state index in [-0.39, 0.29) is 21.6 Å². The van der Waals surface area contributed by atoms with Crippen molar-refractivity contribution >= 4 is 59.4 Å². The molecule has 0 aliphatic heterocycles. The van der Waals surface area contributed by atoms with Crippen molar-refractivity contribution in [2.45, 2.75) is 77.8 Å². The van der Waals surface area contributed by atoms with Gasteiger partial charge in [0.05, 0.1) is 40.1 Å². The van der Waals surface area contributed by atoms with E-state index in [0.717, 1.165) is 9.75 Å². The molecule has 2 aromatic heterocycles. The third kappa shape index (κ3) is 7.03. The molecule has 0 atom stereocenters. The van der Waals surface area contributed by atoms with Crippen LogP contribution < -0.4 is 18.5 Å². The van der Waals surface area contributed by atoms with E-state index in [1.165, 1.54) is 9.00 Å². The van der Waals surface area contributed by atoms with E-state index in [4.69, 9.17) is 9.47 Å². The second-order valence-electron chi connectivity index (χ2n) is 14.8. The average Bonchev–Trinajstić information content (AvgIpc) is 3.64. The molecule has 0 amide bonds. The highest BCUT2D eigenvalue weighted by molar-refractivity contribution is 7.28. The maximum atomic E-state index is 14.0. The highest BCUT2D eigenvalue weighted by atomic mass is 32.1. The van der Waals surface area contributed by atoms with Crippen LogP contribution in [0, 0.1) is 11.8 Å². The quantitative estimate of drug-likeness (QED) is 0.105. The van der Waals surface area contributed by atoms with Crippen LogP contribution in [0.25, 0.3) is 0 Å². The zero-order chi connectivity index (χ0) is 34.2. The van der Waals surface area contributed by atoms with Gasteiger partial charge in [0.2, 0.25) is 0 Å². The Labute approximate surface area is 285 Å². The third-order valence-corrected chi connectivity index (χ3v) is 25.6. The summed E-state index contributed by atoms with van der Waals surface area (Å²) in [5, 5.41) is 0.180. The average molecular weight is 687 g/mol. The molecule has 0 saturated carbocycles. The van der Waals surface area contributed by atoms with Gasteiger partial charge < -0.3 is 9.47 Å². The number of ether oxygens (including phenoxy) is 2. The number of hydrogen-bond acceptors (Lipinski definition) is 6. The van der Waals surface area contributed by atoms with E-state index in [2.05, 4.69) is 91.7 Å². The maximum absolute atomic E-state index is 14.0. The van der Waals surface area contributed by atoms with Gasteiger partial charge in [0.1, 0.15) is 11.5 Å². The fourth-order valence-corrected chi connectivity index (χ4v) is 13.1. The number of rotatable bonds is 8. The van der Waals surface area contributed by atoms with Crippen LogP contribution in [0.5, 0.6) is 11.5 Å². The van der Waals surface area contributed by atoms with Crippen molar-refractivity contribution in [1.29, 1.82) is 0 Å². The Balaban J connectivity index is 1.90. The van der Waals surface area contributed by atoms with Crippen LogP contribution in [0.1, 0.15) is 83.1 Å². The molecule has 46 heavy (non-hydrogen) atoms. The van der Waals surface area contributed by atoms with Gasteiger partial charge in [-0.05, 0) is 91.6 Å². The molecular formula is C38H46O4S2Si2. The largest absolute Gasteiger partial charge is 0.497 e. The molecule has 0 aliphatic carbocycles. The van der Waals surface area contributed by atoms with Crippen molar-refractivity contribution in [1.82, 2.24) is 0 Å². The molecule has 0 unspecified atom stereocenters. The summed E-state index contributed by atoms with van der Waals surface area (Å²) in [6, 6.07) is 18.6. The smallest absolute Gasteiger partial charge is 0.195 e. The van der Waals surface area contributed by atoms with Crippen LogP contribution in [0.15, 0.2) is 60.7 Å². The molecule has 242 valence electrons. The van der Waals surface area contributed by atoms with Crippen LogP contribution in [-0.4, -0.2) is 41.9 Å². The van der Waals surface area contributed by atoms with Gasteiger partial charge in [-0.15, -0.1) is 22.7 Å². The van der Waals surface area contributed by atoms with Crippen molar-refractivity contribution in [2.24, 2.45) is 0 Å². The highest BCUT2D eigenvalue weighted by Crippen LogP contribution is 2.39. The zero-order valence-corrected chi connectivity index (χ0v) is 32.9. The molecule has 4 rings (SSSR count). The molecule has 0 bridgehead atoms. The number of benzene rings is 2. The second kappa shape index (κ2) is 13.1. The summed E-state index contributed by atoms with van der Waals surface area (Å²) >= 11 is 3.26. The van der Waals surface area contributed by atoms with Crippen LogP contribution in [0.3, 0.4) is 0 Å². The Bertz CT molecular complexity index is 1670. The molecule has 0 saturated heterocycles. The van der Waals surface area contributed by atoms with E-state index < -0.39 is 16.1 Å². The minimum absolute atomic E-state index is 0.0594. The van der Waals surface area contributed by atoms with Gasteiger partial charge in [0.15, 0.2) is 11.6 Å². The van der Waals surface area contributed by atoms with Crippen molar-refractivity contribution < 1.29 is 19.1 Å². The first-order chi connectivity index (χ1) is 21.3. The standard InChI is InChI=1S/C38H46O4S2Si2/c1-37(2,3)45(9,10)33-23-29(35(39)25-13-17-27(41-7)18-14-25)31(43-33)21-22-32-30(24-34(44-32)46(11,12)38(4,5)6)36(40)26-15-19-28(42-8)20-16-26/h13-20,23-24H,1-12H3. The van der Waals surface area contributed by atoms with Gasteiger partial charge in [-0.3, -0.25) is 9.59 Å². The molecule has 0 spiro atoms. The normalized spacial score (nSPS) is 12.3.